The molecule has 68 valence electrons. The molecule has 0 aliphatic heterocycles. The van der Waals surface area contributed by atoms with Gasteiger partial charge in [0.2, 0.25) is 0 Å². The summed E-state index contributed by atoms with van der Waals surface area (Å²) in [6.07, 6.45) is 2.00. The molecule has 0 saturated carbocycles. The lowest BCUT2D eigenvalue weighted by molar-refractivity contribution is -0.107. The lowest BCUT2D eigenvalue weighted by Gasteiger charge is -1.98. The van der Waals surface area contributed by atoms with Crippen LogP contribution in [0.2, 0.25) is 0 Å². The number of aryl methyl sites for hydroxylation is 1. The number of carbonyl (C=O) groups excluding carboxylic acids is 1. The zero-order chi connectivity index (χ0) is 9.68. The fraction of sp³-hybridized carbons (Fsp3) is 0.200. The Morgan fingerprint density at radius 2 is 1.92 bits per heavy atom. The molecule has 0 atom stereocenters. The van der Waals surface area contributed by atoms with Crippen molar-refractivity contribution in [3.05, 3.63) is 35.4 Å². The molecule has 0 fully saturated rings. The van der Waals surface area contributed by atoms with Crippen LogP contribution in [0.25, 0.3) is 0 Å². The molecule has 13 heavy (non-hydrogen) atoms. The van der Waals surface area contributed by atoms with Crippen molar-refractivity contribution in [2.24, 2.45) is 0 Å². The number of rotatable bonds is 4. The molecule has 1 aromatic carbocycles. The SMILES string of the molecule is O=CCCc1ccc(C(=O)O)cc1. The quantitative estimate of drug-likeness (QED) is 0.711. The fourth-order valence-electron chi connectivity index (χ4n) is 1.04. The second-order valence-electron chi connectivity index (χ2n) is 2.71. The van der Waals surface area contributed by atoms with Crippen LogP contribution in [0.5, 0.6) is 0 Å². The van der Waals surface area contributed by atoms with Gasteiger partial charge < -0.3 is 9.90 Å². The normalized spacial score (nSPS) is 9.54. The molecule has 1 rings (SSSR count). The summed E-state index contributed by atoms with van der Waals surface area (Å²) >= 11 is 0. The highest BCUT2D eigenvalue weighted by Gasteiger charge is 2.00. The van der Waals surface area contributed by atoms with E-state index in [4.69, 9.17) is 5.11 Å². The molecule has 0 spiro atoms. The number of carboxylic acids is 1. The summed E-state index contributed by atoms with van der Waals surface area (Å²) in [5, 5.41) is 8.60. The molecule has 0 heterocycles. The molecule has 0 aliphatic carbocycles. The maximum atomic E-state index is 10.5. The van der Waals surface area contributed by atoms with E-state index in [0.717, 1.165) is 11.8 Å². The number of aromatic carboxylic acids is 1. The number of carboxylic acid groups (broad SMARTS) is 1. The van der Waals surface area contributed by atoms with Gasteiger partial charge in [-0.05, 0) is 24.1 Å². The van der Waals surface area contributed by atoms with E-state index in [1.54, 1.807) is 24.3 Å². The summed E-state index contributed by atoms with van der Waals surface area (Å²) in [5.74, 6) is -0.929. The number of hydrogen-bond acceptors (Lipinski definition) is 2. The molecular formula is C10H10O3. The first-order chi connectivity index (χ1) is 6.24. The van der Waals surface area contributed by atoms with Gasteiger partial charge in [-0.1, -0.05) is 12.1 Å². The average molecular weight is 178 g/mol. The van der Waals surface area contributed by atoms with E-state index in [1.165, 1.54) is 0 Å². The zero-order valence-electron chi connectivity index (χ0n) is 7.06. The Hall–Kier alpha value is -1.64. The van der Waals surface area contributed by atoms with Crippen LogP contribution < -0.4 is 0 Å². The third-order valence-corrected chi connectivity index (χ3v) is 1.75. The first-order valence-electron chi connectivity index (χ1n) is 4.00. The second-order valence-corrected chi connectivity index (χ2v) is 2.71. The number of benzene rings is 1. The van der Waals surface area contributed by atoms with Crippen molar-refractivity contribution in [2.75, 3.05) is 0 Å². The molecule has 3 heteroatoms. The lowest BCUT2D eigenvalue weighted by atomic mass is 10.1. The third kappa shape index (κ3) is 2.71. The van der Waals surface area contributed by atoms with Crippen LogP contribution in [0.1, 0.15) is 22.3 Å². The maximum absolute atomic E-state index is 10.5. The van der Waals surface area contributed by atoms with E-state index in [-0.39, 0.29) is 5.56 Å². The largest absolute Gasteiger partial charge is 0.478 e. The van der Waals surface area contributed by atoms with Gasteiger partial charge in [0.1, 0.15) is 6.29 Å². The Labute approximate surface area is 76.0 Å². The van der Waals surface area contributed by atoms with Gasteiger partial charge in [-0.2, -0.15) is 0 Å². The summed E-state index contributed by atoms with van der Waals surface area (Å²) < 4.78 is 0. The van der Waals surface area contributed by atoms with Crippen molar-refractivity contribution in [1.82, 2.24) is 0 Å². The Morgan fingerprint density at radius 1 is 1.31 bits per heavy atom. The molecule has 1 N–H and O–H groups in total. The summed E-state index contributed by atoms with van der Waals surface area (Å²) in [6, 6.07) is 6.55. The number of hydrogen-bond donors (Lipinski definition) is 1. The highest BCUT2D eigenvalue weighted by Crippen LogP contribution is 2.05. The van der Waals surface area contributed by atoms with Crippen molar-refractivity contribution in [2.45, 2.75) is 12.8 Å². The summed E-state index contributed by atoms with van der Waals surface area (Å²) in [4.78, 5) is 20.5. The van der Waals surface area contributed by atoms with Crippen LogP contribution in [0.15, 0.2) is 24.3 Å². The van der Waals surface area contributed by atoms with Crippen LogP contribution in [0, 0.1) is 0 Å². The maximum Gasteiger partial charge on any atom is 0.335 e. The standard InChI is InChI=1S/C10H10O3/c11-7-1-2-8-3-5-9(6-4-8)10(12)13/h3-7H,1-2H2,(H,12,13). The van der Waals surface area contributed by atoms with E-state index in [1.807, 2.05) is 0 Å². The molecule has 3 nitrogen and oxygen atoms in total. The minimum absolute atomic E-state index is 0.273. The highest BCUT2D eigenvalue weighted by atomic mass is 16.4. The van der Waals surface area contributed by atoms with Crippen molar-refractivity contribution in [3.63, 3.8) is 0 Å². The third-order valence-electron chi connectivity index (χ3n) is 1.75. The Bertz CT molecular complexity index is 300. The number of aldehydes is 1. The topological polar surface area (TPSA) is 54.4 Å². The van der Waals surface area contributed by atoms with E-state index in [2.05, 4.69) is 0 Å². The van der Waals surface area contributed by atoms with E-state index >= 15 is 0 Å². The van der Waals surface area contributed by atoms with Gasteiger partial charge in [0.15, 0.2) is 0 Å². The van der Waals surface area contributed by atoms with E-state index < -0.39 is 5.97 Å². The van der Waals surface area contributed by atoms with Crippen LogP contribution >= 0.6 is 0 Å². The van der Waals surface area contributed by atoms with Crippen LogP contribution in [-0.4, -0.2) is 17.4 Å². The zero-order valence-corrected chi connectivity index (χ0v) is 7.06. The van der Waals surface area contributed by atoms with Crippen molar-refractivity contribution in [3.8, 4) is 0 Å². The van der Waals surface area contributed by atoms with Crippen LogP contribution in [-0.2, 0) is 11.2 Å². The molecule has 0 unspecified atom stereocenters. The first-order valence-corrected chi connectivity index (χ1v) is 4.00. The minimum atomic E-state index is -0.929. The molecule has 0 amide bonds. The summed E-state index contributed by atoms with van der Waals surface area (Å²) in [6.45, 7) is 0. The van der Waals surface area contributed by atoms with Crippen molar-refractivity contribution in [1.29, 1.82) is 0 Å². The van der Waals surface area contributed by atoms with Crippen molar-refractivity contribution >= 4 is 12.3 Å². The molecule has 0 aliphatic rings. The number of carbonyl (C=O) groups is 2. The Morgan fingerprint density at radius 3 is 2.38 bits per heavy atom. The smallest absolute Gasteiger partial charge is 0.335 e. The Kier molecular flexibility index (Phi) is 3.20. The minimum Gasteiger partial charge on any atom is -0.478 e. The molecular weight excluding hydrogens is 168 g/mol. The Balaban J connectivity index is 2.69. The highest BCUT2D eigenvalue weighted by molar-refractivity contribution is 5.87. The molecule has 0 aromatic heterocycles. The van der Waals surface area contributed by atoms with Gasteiger partial charge in [-0.15, -0.1) is 0 Å². The molecule has 0 saturated heterocycles. The van der Waals surface area contributed by atoms with Crippen LogP contribution in [0.3, 0.4) is 0 Å². The molecule has 1 aromatic rings. The van der Waals surface area contributed by atoms with Gasteiger partial charge in [0.05, 0.1) is 5.56 Å². The predicted octanol–water partition coefficient (Wildman–Crippen LogP) is 1.52. The monoisotopic (exact) mass is 178 g/mol. The first kappa shape index (κ1) is 9.45. The van der Waals surface area contributed by atoms with E-state index in [9.17, 15) is 9.59 Å². The van der Waals surface area contributed by atoms with Gasteiger partial charge in [0, 0.05) is 6.42 Å². The molecule has 0 radical (unpaired) electrons. The van der Waals surface area contributed by atoms with Gasteiger partial charge in [-0.25, -0.2) is 4.79 Å². The van der Waals surface area contributed by atoms with Crippen LogP contribution in [0.4, 0.5) is 0 Å². The lowest BCUT2D eigenvalue weighted by Crippen LogP contribution is -1.96. The fourth-order valence-corrected chi connectivity index (χ4v) is 1.04. The molecule has 0 bridgehead atoms. The van der Waals surface area contributed by atoms with Crippen molar-refractivity contribution < 1.29 is 14.7 Å². The van der Waals surface area contributed by atoms with Gasteiger partial charge in [-0.3, -0.25) is 0 Å². The van der Waals surface area contributed by atoms with Gasteiger partial charge in [0.25, 0.3) is 0 Å². The summed E-state index contributed by atoms with van der Waals surface area (Å²) in [5.41, 5.74) is 1.26. The second kappa shape index (κ2) is 4.40. The average Bonchev–Trinajstić information content (AvgIpc) is 2.15. The van der Waals surface area contributed by atoms with Gasteiger partial charge >= 0.3 is 5.97 Å². The summed E-state index contributed by atoms with van der Waals surface area (Å²) in [7, 11) is 0. The predicted molar refractivity (Wildman–Crippen MR) is 47.8 cm³/mol. The van der Waals surface area contributed by atoms with E-state index in [0.29, 0.717) is 12.8 Å².